The van der Waals surface area contributed by atoms with Gasteiger partial charge in [-0.05, 0) is 57.0 Å². The Morgan fingerprint density at radius 1 is 1.06 bits per heavy atom. The van der Waals surface area contributed by atoms with Crippen LogP contribution >= 0.6 is 0 Å². The number of allylic oxidation sites excluding steroid dienone is 1. The average molecular weight is 473 g/mol. The van der Waals surface area contributed by atoms with Crippen molar-refractivity contribution in [1.29, 1.82) is 0 Å². The van der Waals surface area contributed by atoms with Crippen LogP contribution in [0.3, 0.4) is 0 Å². The topological polar surface area (TPSA) is 54.1 Å². The van der Waals surface area contributed by atoms with Gasteiger partial charge >= 0.3 is 6.36 Å². The lowest BCUT2D eigenvalue weighted by atomic mass is 10.0. The number of nitrogens with two attached hydrogens (primary N) is 1. The van der Waals surface area contributed by atoms with Gasteiger partial charge in [0.1, 0.15) is 11.6 Å². The van der Waals surface area contributed by atoms with Crippen molar-refractivity contribution in [1.82, 2.24) is 4.90 Å². The third kappa shape index (κ3) is 13.8. The van der Waals surface area contributed by atoms with Gasteiger partial charge in [0.05, 0.1) is 0 Å². The minimum Gasteiger partial charge on any atom is -0.406 e. The Bertz CT molecular complexity index is 687. The monoisotopic (exact) mass is 472 g/mol. The second-order valence-electron chi connectivity index (χ2n) is 7.78. The van der Waals surface area contributed by atoms with Crippen LogP contribution in [0.4, 0.5) is 18.9 Å². The molecule has 5 nitrogen and oxygen atoms in total. The maximum atomic E-state index is 12.2. The summed E-state index contributed by atoms with van der Waals surface area (Å²) < 4.78 is 40.4. The van der Waals surface area contributed by atoms with E-state index in [0.29, 0.717) is 5.82 Å². The number of hydrogen-bond donors (Lipinski definition) is 1. The molecule has 190 valence electrons. The highest BCUT2D eigenvalue weighted by Crippen LogP contribution is 2.26. The van der Waals surface area contributed by atoms with Crippen molar-refractivity contribution < 1.29 is 17.9 Å². The fourth-order valence-corrected chi connectivity index (χ4v) is 3.28. The third-order valence-electron chi connectivity index (χ3n) is 5.13. The lowest BCUT2D eigenvalue weighted by Crippen LogP contribution is -2.47. The Morgan fingerprint density at radius 3 is 1.94 bits per heavy atom. The molecule has 1 aliphatic heterocycles. The first-order valence-corrected chi connectivity index (χ1v) is 11.8. The maximum Gasteiger partial charge on any atom is 0.573 e. The largest absolute Gasteiger partial charge is 0.573 e. The van der Waals surface area contributed by atoms with E-state index >= 15 is 0 Å². The molecule has 2 rings (SSSR count). The van der Waals surface area contributed by atoms with Crippen molar-refractivity contribution in [2.45, 2.75) is 67.7 Å². The van der Waals surface area contributed by atoms with Gasteiger partial charge in [0, 0.05) is 44.1 Å². The number of piperazine rings is 1. The molecule has 2 N–H and O–H groups in total. The number of rotatable bonds is 7. The molecule has 1 heterocycles. The molecule has 0 saturated carbocycles. The predicted molar refractivity (Wildman–Crippen MR) is 134 cm³/mol. The molecule has 0 amide bonds. The number of nitrogens with zero attached hydrogens (tertiary/aromatic N) is 3. The molecule has 0 unspecified atom stereocenters. The van der Waals surface area contributed by atoms with Crippen LogP contribution in [0.2, 0.25) is 0 Å². The van der Waals surface area contributed by atoms with Crippen molar-refractivity contribution in [3.63, 3.8) is 0 Å². The summed E-state index contributed by atoms with van der Waals surface area (Å²) in [5.74, 6) is 1.17. The summed E-state index contributed by atoms with van der Waals surface area (Å²) in [4.78, 5) is 8.64. The molecular formula is C25H43F3N4O. The highest BCUT2D eigenvalue weighted by atomic mass is 19.4. The first-order chi connectivity index (χ1) is 15.6. The molecule has 33 heavy (non-hydrogen) atoms. The van der Waals surface area contributed by atoms with Gasteiger partial charge in [-0.25, -0.2) is 4.99 Å². The van der Waals surface area contributed by atoms with E-state index in [4.69, 9.17) is 5.73 Å². The quantitative estimate of drug-likeness (QED) is 0.463. The zero-order chi connectivity index (χ0) is 25.4. The van der Waals surface area contributed by atoms with E-state index in [9.17, 15) is 13.2 Å². The minimum atomic E-state index is -4.64. The molecule has 0 aromatic heterocycles. The van der Waals surface area contributed by atoms with Crippen LogP contribution in [-0.2, 0) is 0 Å². The second kappa shape index (κ2) is 16.4. The number of anilines is 1. The Morgan fingerprint density at radius 2 is 1.58 bits per heavy atom. The summed E-state index contributed by atoms with van der Waals surface area (Å²) in [6.45, 7) is 19.1. The summed E-state index contributed by atoms with van der Waals surface area (Å²) in [6.07, 6.45) is -0.454. The van der Waals surface area contributed by atoms with E-state index < -0.39 is 6.36 Å². The number of hydrogen-bond acceptors (Lipinski definition) is 5. The summed E-state index contributed by atoms with van der Waals surface area (Å²) >= 11 is 0. The zero-order valence-electron chi connectivity index (χ0n) is 21.4. The minimum absolute atomic E-state index is 0.173. The highest BCUT2D eigenvalue weighted by Gasteiger charge is 2.31. The van der Waals surface area contributed by atoms with E-state index in [0.717, 1.165) is 50.0 Å². The molecule has 1 saturated heterocycles. The molecule has 0 bridgehead atoms. The van der Waals surface area contributed by atoms with E-state index in [1.165, 1.54) is 25.0 Å². The van der Waals surface area contributed by atoms with Gasteiger partial charge < -0.3 is 15.4 Å². The van der Waals surface area contributed by atoms with Gasteiger partial charge in [0.2, 0.25) is 0 Å². The van der Waals surface area contributed by atoms with Gasteiger partial charge in [-0.1, -0.05) is 40.5 Å². The number of ether oxygens (including phenoxy) is 1. The third-order valence-corrected chi connectivity index (χ3v) is 5.13. The molecule has 0 spiro atoms. The number of alkyl halides is 3. The molecule has 8 heteroatoms. The molecule has 1 aliphatic rings. The molecular weight excluding hydrogens is 429 g/mol. The first-order valence-electron chi connectivity index (χ1n) is 11.8. The molecule has 0 aliphatic carbocycles. The number of benzene rings is 1. The number of halogens is 3. The Kier molecular flexibility index (Phi) is 15.3. The van der Waals surface area contributed by atoms with Crippen LogP contribution in [0.1, 0.15) is 61.3 Å². The Hall–Kier alpha value is -2.22. The predicted octanol–water partition coefficient (Wildman–Crippen LogP) is 6.46. The summed E-state index contributed by atoms with van der Waals surface area (Å²) in [7, 11) is 0. The normalized spacial score (nSPS) is 14.6. The molecule has 1 aromatic rings. The lowest BCUT2D eigenvalue weighted by Gasteiger charge is -2.37. The standard InChI is InChI=1S/C17H25F3N2O.C6H12N2.C2H6/c1-3-14(4-2)13-21-9-11-22(12-10-21)15-5-7-16(8-6-15)23-17(18,19)20;1-4-6(7)8-5(2)3;1-2/h5-8,14H,3-4,9-13H2,1-2H3;4H,7H2,1-3H3;1-2H3/b;6-4-;. The zero-order valence-corrected chi connectivity index (χ0v) is 21.4. The summed E-state index contributed by atoms with van der Waals surface area (Å²) in [6, 6.07) is 6.13. The van der Waals surface area contributed by atoms with E-state index in [1.807, 2.05) is 34.6 Å². The Balaban J connectivity index is 0.000000868. The van der Waals surface area contributed by atoms with Crippen molar-refractivity contribution in [3.8, 4) is 5.75 Å². The maximum absolute atomic E-state index is 12.2. The lowest BCUT2D eigenvalue weighted by molar-refractivity contribution is -0.274. The van der Waals surface area contributed by atoms with Gasteiger partial charge in [0.25, 0.3) is 0 Å². The van der Waals surface area contributed by atoms with Crippen LogP contribution in [0.15, 0.2) is 41.2 Å². The average Bonchev–Trinajstić information content (AvgIpc) is 2.78. The van der Waals surface area contributed by atoms with E-state index in [2.05, 4.69) is 33.4 Å². The molecule has 1 aromatic carbocycles. The van der Waals surface area contributed by atoms with E-state index in [-0.39, 0.29) is 5.75 Å². The van der Waals surface area contributed by atoms with Gasteiger partial charge in [-0.15, -0.1) is 13.2 Å². The summed E-state index contributed by atoms with van der Waals surface area (Å²) in [5, 5.41) is 0. The van der Waals surface area contributed by atoms with Crippen LogP contribution in [0.25, 0.3) is 0 Å². The van der Waals surface area contributed by atoms with Gasteiger partial charge in [-0.2, -0.15) is 0 Å². The van der Waals surface area contributed by atoms with Crippen molar-refractivity contribution >= 4 is 11.4 Å². The van der Waals surface area contributed by atoms with Crippen LogP contribution in [0, 0.1) is 5.92 Å². The van der Waals surface area contributed by atoms with Crippen LogP contribution in [-0.4, -0.2) is 49.7 Å². The van der Waals surface area contributed by atoms with E-state index in [1.54, 1.807) is 18.2 Å². The SMILES string of the molecule is C/C=C(/N)N=C(C)C.CC.CCC(CC)CN1CCN(c2ccc(OC(F)(F)F)cc2)CC1. The fourth-order valence-electron chi connectivity index (χ4n) is 3.28. The first kappa shape index (κ1) is 30.8. The second-order valence-corrected chi connectivity index (χ2v) is 7.78. The van der Waals surface area contributed by atoms with Crippen LogP contribution in [0.5, 0.6) is 5.75 Å². The number of aliphatic imine (C=N–C) groups is 1. The molecule has 1 fully saturated rings. The Labute approximate surface area is 198 Å². The van der Waals surface area contributed by atoms with Crippen molar-refractivity contribution in [3.05, 3.63) is 36.2 Å². The fraction of sp³-hybridized carbons (Fsp3) is 0.640. The van der Waals surface area contributed by atoms with Crippen molar-refractivity contribution in [2.24, 2.45) is 16.6 Å². The van der Waals surface area contributed by atoms with Crippen LogP contribution < -0.4 is 15.4 Å². The van der Waals surface area contributed by atoms with Gasteiger partial charge in [0.15, 0.2) is 0 Å². The summed E-state index contributed by atoms with van der Waals surface area (Å²) in [5.41, 5.74) is 7.28. The van der Waals surface area contributed by atoms with Crippen molar-refractivity contribution in [2.75, 3.05) is 37.6 Å². The van der Waals surface area contributed by atoms with Gasteiger partial charge in [-0.3, -0.25) is 4.90 Å². The highest BCUT2D eigenvalue weighted by molar-refractivity contribution is 5.80. The smallest absolute Gasteiger partial charge is 0.406 e. The molecule has 0 radical (unpaired) electrons. The molecule has 0 atom stereocenters.